The van der Waals surface area contributed by atoms with Gasteiger partial charge in [-0.3, -0.25) is 0 Å². The molecule has 1 unspecified atom stereocenters. The Kier molecular flexibility index (Phi) is 4.03. The fourth-order valence-corrected chi connectivity index (χ4v) is 0.814. The fourth-order valence-electron chi connectivity index (χ4n) is 0.814. The second-order valence-electron chi connectivity index (χ2n) is 2.15. The molecule has 2 radical (unpaired) electrons. The summed E-state index contributed by atoms with van der Waals surface area (Å²) in [6.07, 6.45) is 2.80. The molecule has 1 heteroatoms. The van der Waals surface area contributed by atoms with E-state index in [2.05, 4.69) is 13.8 Å². The molecule has 0 aromatic rings. The summed E-state index contributed by atoms with van der Waals surface area (Å²) >= 11 is 0. The molecular weight excluding hydrogens is 94.9 g/mol. The third-order valence-corrected chi connectivity index (χ3v) is 1.62. The Labute approximate surface area is 55.5 Å². The third kappa shape index (κ3) is 3.12. The molecule has 0 aromatic carbocycles. The van der Waals surface area contributed by atoms with Gasteiger partial charge in [0, 0.05) is 1.37 Å². The maximum atomic E-state index is 7.09. The number of hydrogen-bond donors (Lipinski definition) is 0. The molecule has 46 valence electrons. The van der Waals surface area contributed by atoms with Crippen molar-refractivity contribution in [3.05, 3.63) is 0 Å². The van der Waals surface area contributed by atoms with Crippen molar-refractivity contribution in [2.75, 3.05) is 0 Å². The third-order valence-electron chi connectivity index (χ3n) is 1.62. The smallest absolute Gasteiger partial charge is 0.0653 e. The molecule has 1 atom stereocenters. The van der Waals surface area contributed by atoms with Gasteiger partial charge in [0.1, 0.15) is 0 Å². The predicted octanol–water partition coefficient (Wildman–Crippen LogP) is 2.40. The Morgan fingerprint density at radius 2 is 2.00 bits per heavy atom. The van der Waals surface area contributed by atoms with Crippen LogP contribution in [0.4, 0.5) is 0 Å². The minimum absolute atomic E-state index is 0.366. The van der Waals surface area contributed by atoms with Crippen LogP contribution >= 0.6 is 0 Å². The Morgan fingerprint density at radius 3 is 2.12 bits per heavy atom. The molecule has 0 amide bonds. The first-order chi connectivity index (χ1) is 4.20. The lowest BCUT2D eigenvalue weighted by Crippen LogP contribution is -1.94. The molecule has 0 heterocycles. The summed E-state index contributed by atoms with van der Waals surface area (Å²) in [6, 6.07) is 0. The lowest BCUT2D eigenvalue weighted by Gasteiger charge is -2.08. The van der Waals surface area contributed by atoms with Gasteiger partial charge in [0.2, 0.25) is 0 Å². The molecule has 0 aliphatic carbocycles. The number of hydrogen-bond acceptors (Lipinski definition) is 0. The number of rotatable bonds is 4. The quantitative estimate of drug-likeness (QED) is 0.488. The molecule has 0 saturated carbocycles. The van der Waals surface area contributed by atoms with Crippen LogP contribution in [-0.4, -0.2) is 7.85 Å². The normalized spacial score (nSPS) is 16.1. The van der Waals surface area contributed by atoms with Gasteiger partial charge in [-0.1, -0.05) is 39.4 Å². The second kappa shape index (κ2) is 5.21. The van der Waals surface area contributed by atoms with E-state index in [1.807, 2.05) is 0 Å². The average molecular weight is 111 g/mol. The van der Waals surface area contributed by atoms with Gasteiger partial charge in [0.05, 0.1) is 7.85 Å². The zero-order chi connectivity index (χ0) is 7.28. The first-order valence-electron chi connectivity index (χ1n) is 3.96. The summed E-state index contributed by atoms with van der Waals surface area (Å²) in [7, 11) is 5.31. The summed E-state index contributed by atoms with van der Waals surface area (Å²) in [4.78, 5) is 0. The van der Waals surface area contributed by atoms with Gasteiger partial charge in [-0.05, 0) is 5.92 Å². The summed E-state index contributed by atoms with van der Waals surface area (Å²) in [5.41, 5.74) is 0. The van der Waals surface area contributed by atoms with Gasteiger partial charge < -0.3 is 0 Å². The molecular formula is C7H15B. The standard InChI is InChI=1S/C7H15B/c1-3-7(4-2)5-6-8/h7H,3-6H2,1-2H3/i6D. The van der Waals surface area contributed by atoms with E-state index in [-0.39, 0.29) is 6.30 Å². The van der Waals surface area contributed by atoms with Crippen LogP contribution in [0.25, 0.3) is 0 Å². The van der Waals surface area contributed by atoms with Gasteiger partial charge in [-0.15, -0.1) is 0 Å². The van der Waals surface area contributed by atoms with Crippen LogP contribution in [0.3, 0.4) is 0 Å². The van der Waals surface area contributed by atoms with Gasteiger partial charge in [0.15, 0.2) is 0 Å². The Morgan fingerprint density at radius 1 is 1.50 bits per heavy atom. The van der Waals surface area contributed by atoms with Crippen molar-refractivity contribution in [3.8, 4) is 0 Å². The highest BCUT2D eigenvalue weighted by atomic mass is 14.0. The summed E-state index contributed by atoms with van der Waals surface area (Å²) in [5, 5.41) is 0. The zero-order valence-electron chi connectivity index (χ0n) is 6.85. The molecule has 0 saturated heterocycles. The van der Waals surface area contributed by atoms with Crippen LogP contribution in [0, 0.1) is 5.92 Å². The van der Waals surface area contributed by atoms with Crippen LogP contribution in [0.15, 0.2) is 0 Å². The van der Waals surface area contributed by atoms with E-state index in [4.69, 9.17) is 9.22 Å². The van der Waals surface area contributed by atoms with Crippen molar-refractivity contribution >= 4 is 7.85 Å². The van der Waals surface area contributed by atoms with Crippen molar-refractivity contribution in [1.29, 1.82) is 0 Å². The average Bonchev–Trinajstić information content (AvgIpc) is 1.82. The van der Waals surface area contributed by atoms with Gasteiger partial charge in [0.25, 0.3) is 0 Å². The second-order valence-corrected chi connectivity index (χ2v) is 2.15. The van der Waals surface area contributed by atoms with Gasteiger partial charge in [-0.2, -0.15) is 0 Å². The Bertz CT molecular complexity index is 59.9. The highest BCUT2D eigenvalue weighted by Gasteiger charge is 1.98. The van der Waals surface area contributed by atoms with E-state index in [9.17, 15) is 0 Å². The molecule has 0 fully saturated rings. The van der Waals surface area contributed by atoms with Crippen molar-refractivity contribution in [1.82, 2.24) is 0 Å². The van der Waals surface area contributed by atoms with E-state index in [0.29, 0.717) is 5.92 Å². The van der Waals surface area contributed by atoms with Crippen molar-refractivity contribution in [2.24, 2.45) is 5.92 Å². The van der Waals surface area contributed by atoms with Crippen LogP contribution in [0.2, 0.25) is 6.30 Å². The van der Waals surface area contributed by atoms with Crippen LogP contribution in [0.5, 0.6) is 0 Å². The molecule has 0 N–H and O–H groups in total. The molecule has 0 aromatic heterocycles. The zero-order valence-corrected chi connectivity index (χ0v) is 5.85. The molecule has 8 heavy (non-hydrogen) atoms. The van der Waals surface area contributed by atoms with E-state index in [1.54, 1.807) is 0 Å². The van der Waals surface area contributed by atoms with E-state index >= 15 is 0 Å². The highest BCUT2D eigenvalue weighted by Crippen LogP contribution is 2.12. The van der Waals surface area contributed by atoms with Crippen LogP contribution in [-0.2, 0) is 0 Å². The lowest BCUT2D eigenvalue weighted by molar-refractivity contribution is 0.477. The van der Waals surface area contributed by atoms with Crippen molar-refractivity contribution in [3.63, 3.8) is 0 Å². The van der Waals surface area contributed by atoms with Gasteiger partial charge >= 0.3 is 0 Å². The first kappa shape index (κ1) is 6.19. The van der Waals surface area contributed by atoms with E-state index < -0.39 is 0 Å². The first-order valence-corrected chi connectivity index (χ1v) is 3.38. The fraction of sp³-hybridized carbons (Fsp3) is 1.00. The summed E-state index contributed by atoms with van der Waals surface area (Å²) in [6.45, 7) is 4.30. The summed E-state index contributed by atoms with van der Waals surface area (Å²) in [5.74, 6) is 0.664. The molecule has 0 nitrogen and oxygen atoms in total. The Balaban J connectivity index is 3.31. The minimum atomic E-state index is -0.366. The maximum Gasteiger partial charge on any atom is 0.0653 e. The molecule has 0 rings (SSSR count). The van der Waals surface area contributed by atoms with Crippen molar-refractivity contribution < 1.29 is 1.37 Å². The van der Waals surface area contributed by atoms with Crippen LogP contribution in [0.1, 0.15) is 34.5 Å². The monoisotopic (exact) mass is 111 g/mol. The minimum Gasteiger partial charge on any atom is -0.0884 e. The predicted molar refractivity (Wildman–Crippen MR) is 39.2 cm³/mol. The lowest BCUT2D eigenvalue weighted by atomic mass is 9.90. The highest BCUT2D eigenvalue weighted by molar-refractivity contribution is 6.08. The molecule has 0 aliphatic heterocycles. The van der Waals surface area contributed by atoms with Crippen molar-refractivity contribution in [2.45, 2.75) is 39.4 Å². The molecule has 0 bridgehead atoms. The summed E-state index contributed by atoms with van der Waals surface area (Å²) < 4.78 is 7.09. The van der Waals surface area contributed by atoms with Gasteiger partial charge in [-0.25, -0.2) is 0 Å². The van der Waals surface area contributed by atoms with E-state index in [0.717, 1.165) is 19.3 Å². The van der Waals surface area contributed by atoms with Crippen LogP contribution < -0.4 is 0 Å². The topological polar surface area (TPSA) is 0 Å². The maximum absolute atomic E-state index is 7.09. The Hall–Kier alpha value is 0.0649. The molecule has 0 spiro atoms. The molecule has 0 aliphatic rings. The largest absolute Gasteiger partial charge is 0.0884 e. The van der Waals surface area contributed by atoms with E-state index in [1.165, 1.54) is 0 Å². The SMILES string of the molecule is [2H]C([B])CC(CC)CC.